The molecule has 1 saturated carbocycles. The van der Waals surface area contributed by atoms with Gasteiger partial charge in [0.25, 0.3) is 0 Å². The van der Waals surface area contributed by atoms with Crippen molar-refractivity contribution >= 4 is 11.8 Å². The molecule has 1 aliphatic carbocycles. The molecule has 2 amide bonds. The van der Waals surface area contributed by atoms with Crippen molar-refractivity contribution in [1.29, 1.82) is 0 Å². The minimum atomic E-state index is -0.551. The Morgan fingerprint density at radius 1 is 1.32 bits per heavy atom. The summed E-state index contributed by atoms with van der Waals surface area (Å²) < 4.78 is 0. The van der Waals surface area contributed by atoms with E-state index in [1.807, 2.05) is 20.8 Å². The average Bonchev–Trinajstić information content (AvgIpc) is 2.70. The smallest absolute Gasteiger partial charge is 0.242 e. The number of aliphatic hydroxyl groups excluding tert-OH is 1. The Morgan fingerprint density at radius 3 is 2.42 bits per heavy atom. The van der Waals surface area contributed by atoms with E-state index < -0.39 is 11.5 Å². The highest BCUT2D eigenvalue weighted by Crippen LogP contribution is 2.24. The summed E-state index contributed by atoms with van der Waals surface area (Å²) in [5.41, 5.74) is -0.504. The second-order valence-corrected chi connectivity index (χ2v) is 6.45. The fourth-order valence-corrected chi connectivity index (χ4v) is 2.12. The van der Waals surface area contributed by atoms with Crippen molar-refractivity contribution in [1.82, 2.24) is 10.6 Å². The van der Waals surface area contributed by atoms with Gasteiger partial charge < -0.3 is 15.7 Å². The van der Waals surface area contributed by atoms with Gasteiger partial charge >= 0.3 is 0 Å². The molecule has 3 N–H and O–H groups in total. The van der Waals surface area contributed by atoms with Gasteiger partial charge in [0.1, 0.15) is 6.04 Å². The molecule has 0 aromatic rings. The third-order valence-corrected chi connectivity index (χ3v) is 3.58. The molecule has 0 saturated heterocycles. The van der Waals surface area contributed by atoms with Gasteiger partial charge in [0, 0.05) is 17.9 Å². The largest absolute Gasteiger partial charge is 0.393 e. The molecule has 0 heterocycles. The minimum absolute atomic E-state index is 0.143. The Hall–Kier alpha value is -1.10. The zero-order chi connectivity index (χ0) is 14.6. The summed E-state index contributed by atoms with van der Waals surface area (Å²) >= 11 is 0. The fourth-order valence-electron chi connectivity index (χ4n) is 2.12. The maximum absolute atomic E-state index is 11.9. The molecular formula is C14H26N2O3. The van der Waals surface area contributed by atoms with Gasteiger partial charge in [0.15, 0.2) is 0 Å². The lowest BCUT2D eigenvalue weighted by atomic mass is 9.95. The lowest BCUT2D eigenvalue weighted by molar-refractivity contribution is -0.133. The number of carbonyl (C=O) groups excluding carboxylic acids is 2. The second kappa shape index (κ2) is 6.37. The zero-order valence-electron chi connectivity index (χ0n) is 12.3. The van der Waals surface area contributed by atoms with E-state index in [9.17, 15) is 14.7 Å². The van der Waals surface area contributed by atoms with Gasteiger partial charge in [-0.25, -0.2) is 0 Å². The lowest BCUT2D eigenvalue weighted by Gasteiger charge is -2.22. The Bertz CT molecular complexity index is 336. The number of nitrogens with one attached hydrogen (secondary N) is 2. The third-order valence-electron chi connectivity index (χ3n) is 3.58. The van der Waals surface area contributed by atoms with Crippen molar-refractivity contribution in [3.05, 3.63) is 0 Å². The Labute approximate surface area is 115 Å². The van der Waals surface area contributed by atoms with Gasteiger partial charge in [-0.3, -0.25) is 9.59 Å². The van der Waals surface area contributed by atoms with Gasteiger partial charge in [-0.1, -0.05) is 27.2 Å². The second-order valence-electron chi connectivity index (χ2n) is 6.45. The van der Waals surface area contributed by atoms with Gasteiger partial charge in [-0.2, -0.15) is 0 Å². The van der Waals surface area contributed by atoms with Crippen LogP contribution in [-0.4, -0.2) is 35.6 Å². The first-order valence-electron chi connectivity index (χ1n) is 6.98. The van der Waals surface area contributed by atoms with Crippen molar-refractivity contribution in [3.63, 3.8) is 0 Å². The monoisotopic (exact) mass is 270 g/mol. The van der Waals surface area contributed by atoms with Gasteiger partial charge in [0.2, 0.25) is 11.8 Å². The number of hydrogen-bond acceptors (Lipinski definition) is 3. The predicted octanol–water partition coefficient (Wildman–Crippen LogP) is 0.814. The predicted molar refractivity (Wildman–Crippen MR) is 73.4 cm³/mol. The van der Waals surface area contributed by atoms with E-state index in [4.69, 9.17) is 0 Å². The van der Waals surface area contributed by atoms with Crippen LogP contribution >= 0.6 is 0 Å². The topological polar surface area (TPSA) is 78.4 Å². The minimum Gasteiger partial charge on any atom is -0.393 e. The number of rotatable bonds is 4. The standard InChI is InChI=1S/C14H26N2O3/c1-9(16-13(19)14(2,3)4)12(18)15-8-10-6-5-7-11(10)17/h9-11,17H,5-8H2,1-4H3,(H,15,18)(H,16,19). The van der Waals surface area contributed by atoms with Crippen LogP contribution < -0.4 is 10.6 Å². The highest BCUT2D eigenvalue weighted by atomic mass is 16.3. The number of carbonyl (C=O) groups is 2. The molecule has 0 spiro atoms. The summed E-state index contributed by atoms with van der Waals surface area (Å²) in [6.07, 6.45) is 2.47. The molecule has 1 aliphatic rings. The lowest BCUT2D eigenvalue weighted by Crippen LogP contribution is -2.49. The van der Waals surface area contributed by atoms with Crippen molar-refractivity contribution < 1.29 is 14.7 Å². The van der Waals surface area contributed by atoms with E-state index in [-0.39, 0.29) is 23.8 Å². The summed E-state index contributed by atoms with van der Waals surface area (Å²) in [7, 11) is 0. The number of hydrogen-bond donors (Lipinski definition) is 3. The fraction of sp³-hybridized carbons (Fsp3) is 0.857. The van der Waals surface area contributed by atoms with Gasteiger partial charge in [-0.05, 0) is 19.8 Å². The first-order chi connectivity index (χ1) is 8.71. The van der Waals surface area contributed by atoms with Crippen LogP contribution in [0.5, 0.6) is 0 Å². The maximum atomic E-state index is 11.9. The summed E-state index contributed by atoms with van der Waals surface area (Å²) in [5.74, 6) is -0.192. The van der Waals surface area contributed by atoms with Crippen LogP contribution in [0.25, 0.3) is 0 Å². The van der Waals surface area contributed by atoms with Crippen LogP contribution in [0.1, 0.15) is 47.0 Å². The summed E-state index contributed by atoms with van der Waals surface area (Å²) in [6.45, 7) is 7.57. The molecule has 19 heavy (non-hydrogen) atoms. The van der Waals surface area contributed by atoms with Crippen molar-refractivity contribution in [3.8, 4) is 0 Å². The zero-order valence-corrected chi connectivity index (χ0v) is 12.3. The summed E-state index contributed by atoms with van der Waals surface area (Å²) in [6, 6.07) is -0.551. The van der Waals surface area contributed by atoms with Gasteiger partial charge in [0.05, 0.1) is 6.10 Å². The highest BCUT2D eigenvalue weighted by Gasteiger charge is 2.28. The van der Waals surface area contributed by atoms with Crippen LogP contribution in [0, 0.1) is 11.3 Å². The molecule has 0 aromatic heterocycles. The van der Waals surface area contributed by atoms with E-state index in [2.05, 4.69) is 10.6 Å². The molecule has 0 radical (unpaired) electrons. The van der Waals surface area contributed by atoms with Crippen LogP contribution in [0.3, 0.4) is 0 Å². The molecule has 5 nitrogen and oxygen atoms in total. The Balaban J connectivity index is 2.34. The molecule has 3 unspecified atom stereocenters. The summed E-state index contributed by atoms with van der Waals surface area (Å²) in [4.78, 5) is 23.6. The Kier molecular flexibility index (Phi) is 5.35. The van der Waals surface area contributed by atoms with E-state index in [0.29, 0.717) is 6.54 Å². The first kappa shape index (κ1) is 16.0. The normalized spacial score (nSPS) is 24.9. The van der Waals surface area contributed by atoms with Crippen LogP contribution in [0.15, 0.2) is 0 Å². The van der Waals surface area contributed by atoms with Gasteiger partial charge in [-0.15, -0.1) is 0 Å². The molecule has 0 aromatic carbocycles. The number of aliphatic hydroxyl groups is 1. The van der Waals surface area contributed by atoms with Crippen LogP contribution in [0.2, 0.25) is 0 Å². The molecule has 3 atom stereocenters. The quantitative estimate of drug-likeness (QED) is 0.707. The first-order valence-corrected chi connectivity index (χ1v) is 6.98. The molecular weight excluding hydrogens is 244 g/mol. The van der Waals surface area contributed by atoms with Crippen molar-refractivity contribution in [2.75, 3.05) is 6.54 Å². The molecule has 110 valence electrons. The molecule has 1 rings (SSSR count). The van der Waals surface area contributed by atoms with Crippen molar-refractivity contribution in [2.45, 2.75) is 59.1 Å². The van der Waals surface area contributed by atoms with Crippen LogP contribution in [-0.2, 0) is 9.59 Å². The Morgan fingerprint density at radius 2 is 1.95 bits per heavy atom. The van der Waals surface area contributed by atoms with E-state index >= 15 is 0 Å². The van der Waals surface area contributed by atoms with Crippen LogP contribution in [0.4, 0.5) is 0 Å². The van der Waals surface area contributed by atoms with E-state index in [1.54, 1.807) is 6.92 Å². The van der Waals surface area contributed by atoms with Crippen molar-refractivity contribution in [2.24, 2.45) is 11.3 Å². The third kappa shape index (κ3) is 4.82. The number of amides is 2. The highest BCUT2D eigenvalue weighted by molar-refractivity contribution is 5.89. The molecule has 1 fully saturated rings. The van der Waals surface area contributed by atoms with E-state index in [1.165, 1.54) is 0 Å². The van der Waals surface area contributed by atoms with E-state index in [0.717, 1.165) is 19.3 Å². The summed E-state index contributed by atoms with van der Waals surface area (Å²) in [5, 5.41) is 15.2. The molecule has 5 heteroatoms. The molecule has 0 aliphatic heterocycles. The average molecular weight is 270 g/mol. The molecule has 0 bridgehead atoms. The SMILES string of the molecule is CC(NC(=O)C(C)(C)C)C(=O)NCC1CCCC1O. The maximum Gasteiger partial charge on any atom is 0.242 e.